The van der Waals surface area contributed by atoms with Crippen LogP contribution in [0.1, 0.15) is 44.9 Å². The van der Waals surface area contributed by atoms with Crippen LogP contribution in [-0.2, 0) is 9.59 Å². The summed E-state index contributed by atoms with van der Waals surface area (Å²) in [5.74, 6) is 1.74. The number of nitrogens with one attached hydrogen (secondary N) is 2. The van der Waals surface area contributed by atoms with Gasteiger partial charge in [0.2, 0.25) is 11.8 Å². The average molecular weight is 344 g/mol. The van der Waals surface area contributed by atoms with Gasteiger partial charge >= 0.3 is 0 Å². The quantitative estimate of drug-likeness (QED) is 0.859. The van der Waals surface area contributed by atoms with E-state index in [-0.39, 0.29) is 29.5 Å². The summed E-state index contributed by atoms with van der Waals surface area (Å²) in [5, 5.41) is 5.66. The van der Waals surface area contributed by atoms with Crippen LogP contribution >= 0.6 is 0 Å². The maximum absolute atomic E-state index is 13.1. The second-order valence-electron chi connectivity index (χ2n) is 8.26. The molecule has 2 amide bonds. The van der Waals surface area contributed by atoms with Crippen molar-refractivity contribution < 1.29 is 14.0 Å². The van der Waals surface area contributed by atoms with Gasteiger partial charge in [-0.05, 0) is 74.5 Å². The SMILES string of the molecule is O=C(CCNC(=O)C12CC3CC(CC(C3)C1)C2)Nc1cccc(F)c1. The Hall–Kier alpha value is -1.91. The van der Waals surface area contributed by atoms with E-state index in [0.29, 0.717) is 12.2 Å². The first-order valence-corrected chi connectivity index (χ1v) is 9.36. The van der Waals surface area contributed by atoms with Gasteiger partial charge in [-0.1, -0.05) is 6.07 Å². The smallest absolute Gasteiger partial charge is 0.226 e. The summed E-state index contributed by atoms with van der Waals surface area (Å²) >= 11 is 0. The van der Waals surface area contributed by atoms with Crippen molar-refractivity contribution in [3.8, 4) is 0 Å². The van der Waals surface area contributed by atoms with Crippen LogP contribution in [0.2, 0.25) is 0 Å². The van der Waals surface area contributed by atoms with Gasteiger partial charge in [0.1, 0.15) is 5.82 Å². The number of hydrogen-bond donors (Lipinski definition) is 2. The van der Waals surface area contributed by atoms with Crippen molar-refractivity contribution in [3.63, 3.8) is 0 Å². The highest BCUT2D eigenvalue weighted by atomic mass is 19.1. The van der Waals surface area contributed by atoms with Gasteiger partial charge in [0.15, 0.2) is 0 Å². The van der Waals surface area contributed by atoms with E-state index in [2.05, 4.69) is 10.6 Å². The van der Waals surface area contributed by atoms with Crippen molar-refractivity contribution in [2.24, 2.45) is 23.2 Å². The number of amides is 2. The van der Waals surface area contributed by atoms with Gasteiger partial charge in [-0.2, -0.15) is 0 Å². The molecule has 0 atom stereocenters. The average Bonchev–Trinajstić information content (AvgIpc) is 2.53. The monoisotopic (exact) mass is 344 g/mol. The van der Waals surface area contributed by atoms with Crippen LogP contribution in [0.5, 0.6) is 0 Å². The maximum atomic E-state index is 13.1. The van der Waals surface area contributed by atoms with Crippen LogP contribution in [0.4, 0.5) is 10.1 Å². The van der Waals surface area contributed by atoms with Crippen molar-refractivity contribution in [3.05, 3.63) is 30.1 Å². The number of carbonyl (C=O) groups is 2. The normalized spacial score (nSPS) is 32.4. The third kappa shape index (κ3) is 3.42. The standard InChI is InChI=1S/C20H25FN2O2/c21-16-2-1-3-17(9-16)23-18(24)4-5-22-19(25)20-10-13-6-14(11-20)8-15(7-13)12-20/h1-3,9,13-15H,4-8,10-12H2,(H,22,25)(H,23,24). The minimum atomic E-state index is -0.382. The summed E-state index contributed by atoms with van der Waals surface area (Å²) < 4.78 is 13.1. The molecule has 1 aromatic rings. The molecule has 4 aliphatic carbocycles. The number of anilines is 1. The summed E-state index contributed by atoms with van der Waals surface area (Å²) in [6, 6.07) is 5.82. The van der Waals surface area contributed by atoms with E-state index in [0.717, 1.165) is 37.0 Å². The van der Waals surface area contributed by atoms with Crippen LogP contribution in [0.15, 0.2) is 24.3 Å². The second-order valence-corrected chi connectivity index (χ2v) is 8.26. The van der Waals surface area contributed by atoms with E-state index in [9.17, 15) is 14.0 Å². The molecule has 5 heteroatoms. The Morgan fingerprint density at radius 1 is 1.08 bits per heavy atom. The van der Waals surface area contributed by atoms with Crippen molar-refractivity contribution in [1.82, 2.24) is 5.32 Å². The Balaban J connectivity index is 1.27. The molecule has 4 fully saturated rings. The predicted molar refractivity (Wildman–Crippen MR) is 93.3 cm³/mol. The zero-order valence-electron chi connectivity index (χ0n) is 14.4. The van der Waals surface area contributed by atoms with Gasteiger partial charge in [0.05, 0.1) is 0 Å². The molecule has 0 saturated heterocycles. The van der Waals surface area contributed by atoms with Gasteiger partial charge < -0.3 is 10.6 Å². The highest BCUT2D eigenvalue weighted by molar-refractivity contribution is 5.91. The van der Waals surface area contributed by atoms with Crippen LogP contribution in [0.25, 0.3) is 0 Å². The molecule has 1 aromatic carbocycles. The summed E-state index contributed by atoms with van der Waals surface area (Å²) in [6.07, 6.45) is 7.21. The van der Waals surface area contributed by atoms with E-state index in [1.54, 1.807) is 12.1 Å². The molecule has 0 radical (unpaired) electrons. The highest BCUT2D eigenvalue weighted by Gasteiger charge is 2.54. The molecular formula is C20H25FN2O2. The zero-order chi connectivity index (χ0) is 17.4. The third-order valence-electron chi connectivity index (χ3n) is 6.27. The van der Waals surface area contributed by atoms with E-state index in [4.69, 9.17) is 0 Å². The number of halogens is 1. The summed E-state index contributed by atoms with van der Waals surface area (Å²) in [4.78, 5) is 24.8. The molecule has 2 N–H and O–H groups in total. The topological polar surface area (TPSA) is 58.2 Å². The lowest BCUT2D eigenvalue weighted by Gasteiger charge is -2.55. The van der Waals surface area contributed by atoms with Crippen LogP contribution in [0.3, 0.4) is 0 Å². The van der Waals surface area contributed by atoms with Crippen molar-refractivity contribution in [2.75, 3.05) is 11.9 Å². The van der Waals surface area contributed by atoms with Gasteiger partial charge in [0.25, 0.3) is 0 Å². The van der Waals surface area contributed by atoms with Crippen molar-refractivity contribution >= 4 is 17.5 Å². The molecule has 0 aromatic heterocycles. The largest absolute Gasteiger partial charge is 0.355 e. The molecule has 4 bridgehead atoms. The highest BCUT2D eigenvalue weighted by Crippen LogP contribution is 2.60. The lowest BCUT2D eigenvalue weighted by atomic mass is 9.49. The van der Waals surface area contributed by atoms with Crippen LogP contribution in [0, 0.1) is 29.0 Å². The van der Waals surface area contributed by atoms with Crippen molar-refractivity contribution in [1.29, 1.82) is 0 Å². The number of hydrogen-bond acceptors (Lipinski definition) is 2. The molecule has 25 heavy (non-hydrogen) atoms. The second kappa shape index (κ2) is 6.43. The molecular weight excluding hydrogens is 319 g/mol. The van der Waals surface area contributed by atoms with E-state index in [1.807, 2.05) is 0 Å². The first-order valence-electron chi connectivity index (χ1n) is 9.36. The Morgan fingerprint density at radius 2 is 1.72 bits per heavy atom. The first-order chi connectivity index (χ1) is 12.0. The summed E-state index contributed by atoms with van der Waals surface area (Å²) in [5.41, 5.74) is 0.269. The Kier molecular flexibility index (Phi) is 4.26. The molecule has 4 saturated carbocycles. The first kappa shape index (κ1) is 16.6. The molecule has 0 spiro atoms. The van der Waals surface area contributed by atoms with Crippen molar-refractivity contribution in [2.45, 2.75) is 44.9 Å². The maximum Gasteiger partial charge on any atom is 0.226 e. The molecule has 0 unspecified atom stereocenters. The fourth-order valence-corrected chi connectivity index (χ4v) is 5.66. The molecule has 0 heterocycles. The van der Waals surface area contributed by atoms with Gasteiger partial charge in [0, 0.05) is 24.1 Å². The molecule has 5 rings (SSSR count). The van der Waals surface area contributed by atoms with Crippen LogP contribution < -0.4 is 10.6 Å². The molecule has 4 nitrogen and oxygen atoms in total. The number of carbonyl (C=O) groups excluding carboxylic acids is 2. The van der Waals surface area contributed by atoms with Crippen LogP contribution in [-0.4, -0.2) is 18.4 Å². The van der Waals surface area contributed by atoms with E-state index < -0.39 is 0 Å². The summed E-state index contributed by atoms with van der Waals surface area (Å²) in [7, 11) is 0. The Labute approximate surface area is 147 Å². The third-order valence-corrected chi connectivity index (χ3v) is 6.27. The fraction of sp³-hybridized carbons (Fsp3) is 0.600. The molecule has 4 aliphatic rings. The number of rotatable bonds is 5. The van der Waals surface area contributed by atoms with E-state index in [1.165, 1.54) is 31.4 Å². The molecule has 0 aliphatic heterocycles. The van der Waals surface area contributed by atoms with Gasteiger partial charge in [-0.15, -0.1) is 0 Å². The Bertz CT molecular complexity index is 653. The number of benzene rings is 1. The minimum absolute atomic E-state index is 0.144. The molecule has 134 valence electrons. The predicted octanol–water partition coefficient (Wildman–Crippen LogP) is 3.49. The Morgan fingerprint density at radius 3 is 2.32 bits per heavy atom. The van der Waals surface area contributed by atoms with E-state index >= 15 is 0 Å². The zero-order valence-corrected chi connectivity index (χ0v) is 14.4. The van der Waals surface area contributed by atoms with Gasteiger partial charge in [-0.3, -0.25) is 9.59 Å². The summed E-state index contributed by atoms with van der Waals surface area (Å²) in [6.45, 7) is 0.335. The van der Waals surface area contributed by atoms with Gasteiger partial charge in [-0.25, -0.2) is 4.39 Å². The fourth-order valence-electron chi connectivity index (χ4n) is 5.66. The minimum Gasteiger partial charge on any atom is -0.355 e. The lowest BCUT2D eigenvalue weighted by Crippen LogP contribution is -2.53. The lowest BCUT2D eigenvalue weighted by molar-refractivity contribution is -0.146.